The Balaban J connectivity index is 1.41. The van der Waals surface area contributed by atoms with Crippen LogP contribution in [0.1, 0.15) is 18.4 Å². The highest BCUT2D eigenvalue weighted by Crippen LogP contribution is 2.13. The molecule has 1 fully saturated rings. The van der Waals surface area contributed by atoms with Gasteiger partial charge >= 0.3 is 0 Å². The number of amides is 1. The SMILES string of the molecule is O=C(Cn1cc(I)nn1)NC1CCN(Cc2ccccc2)CC1. The Morgan fingerprint density at radius 1 is 1.26 bits per heavy atom. The third-order valence-electron chi connectivity index (χ3n) is 4.02. The predicted molar refractivity (Wildman–Crippen MR) is 95.6 cm³/mol. The van der Waals surface area contributed by atoms with Crippen molar-refractivity contribution in [1.29, 1.82) is 0 Å². The number of aromatic nitrogens is 3. The quantitative estimate of drug-likeness (QED) is 0.741. The summed E-state index contributed by atoms with van der Waals surface area (Å²) in [5.74, 6) is 0.00723. The molecule has 7 heteroatoms. The van der Waals surface area contributed by atoms with E-state index in [2.05, 4.69) is 67.4 Å². The molecule has 2 aromatic rings. The molecule has 1 amide bonds. The van der Waals surface area contributed by atoms with E-state index in [1.54, 1.807) is 10.9 Å². The zero-order valence-electron chi connectivity index (χ0n) is 12.9. The number of hydrogen-bond donors (Lipinski definition) is 1. The fourth-order valence-electron chi connectivity index (χ4n) is 2.85. The molecule has 0 radical (unpaired) electrons. The molecule has 1 aromatic heterocycles. The summed E-state index contributed by atoms with van der Waals surface area (Å²) in [5.41, 5.74) is 1.34. The third-order valence-corrected chi connectivity index (χ3v) is 4.51. The summed E-state index contributed by atoms with van der Waals surface area (Å²) in [4.78, 5) is 14.5. The lowest BCUT2D eigenvalue weighted by Gasteiger charge is -2.32. The molecule has 1 N–H and O–H groups in total. The molecule has 23 heavy (non-hydrogen) atoms. The minimum absolute atomic E-state index is 0.00723. The van der Waals surface area contributed by atoms with Crippen molar-refractivity contribution in [2.45, 2.75) is 32.0 Å². The molecule has 122 valence electrons. The fourth-order valence-corrected chi connectivity index (χ4v) is 3.27. The molecular formula is C16H20IN5O. The molecule has 2 heterocycles. The van der Waals surface area contributed by atoms with Gasteiger partial charge in [-0.1, -0.05) is 35.5 Å². The number of nitrogens with zero attached hydrogens (tertiary/aromatic N) is 4. The molecular weight excluding hydrogens is 405 g/mol. The van der Waals surface area contributed by atoms with Crippen molar-refractivity contribution in [1.82, 2.24) is 25.2 Å². The van der Waals surface area contributed by atoms with Crippen LogP contribution in [-0.4, -0.2) is 44.9 Å². The van der Waals surface area contributed by atoms with Crippen LogP contribution in [0.5, 0.6) is 0 Å². The van der Waals surface area contributed by atoms with E-state index in [4.69, 9.17) is 0 Å². The van der Waals surface area contributed by atoms with Crippen molar-refractivity contribution in [3.63, 3.8) is 0 Å². The van der Waals surface area contributed by atoms with Crippen LogP contribution >= 0.6 is 22.6 Å². The van der Waals surface area contributed by atoms with Crippen molar-refractivity contribution < 1.29 is 4.79 Å². The number of piperidine rings is 1. The first-order chi connectivity index (χ1) is 11.2. The maximum Gasteiger partial charge on any atom is 0.242 e. The maximum absolute atomic E-state index is 12.0. The van der Waals surface area contributed by atoms with Crippen LogP contribution in [0.3, 0.4) is 0 Å². The molecule has 1 aliphatic rings. The summed E-state index contributed by atoms with van der Waals surface area (Å²) in [6, 6.07) is 10.8. The number of halogens is 1. The lowest BCUT2D eigenvalue weighted by Crippen LogP contribution is -2.45. The average molecular weight is 425 g/mol. The van der Waals surface area contributed by atoms with Crippen molar-refractivity contribution in [3.05, 3.63) is 45.8 Å². The Morgan fingerprint density at radius 2 is 2.00 bits per heavy atom. The van der Waals surface area contributed by atoms with Gasteiger partial charge < -0.3 is 5.32 Å². The average Bonchev–Trinajstić information content (AvgIpc) is 2.95. The van der Waals surface area contributed by atoms with Gasteiger partial charge in [0.05, 0.1) is 6.20 Å². The van der Waals surface area contributed by atoms with Gasteiger partial charge in [0.2, 0.25) is 5.91 Å². The Labute approximate surface area is 149 Å². The Hall–Kier alpha value is -1.48. The number of nitrogens with one attached hydrogen (secondary N) is 1. The molecule has 1 aromatic carbocycles. The van der Waals surface area contributed by atoms with E-state index in [0.29, 0.717) is 0 Å². The van der Waals surface area contributed by atoms with Gasteiger partial charge in [-0.25, -0.2) is 4.68 Å². The van der Waals surface area contributed by atoms with Gasteiger partial charge in [0.15, 0.2) is 0 Å². The lowest BCUT2D eigenvalue weighted by atomic mass is 10.0. The topological polar surface area (TPSA) is 63.1 Å². The van der Waals surface area contributed by atoms with E-state index in [9.17, 15) is 4.79 Å². The summed E-state index contributed by atoms with van der Waals surface area (Å²) in [6.45, 7) is 3.25. The molecule has 0 saturated carbocycles. The predicted octanol–water partition coefficient (Wildman–Crippen LogP) is 1.66. The van der Waals surface area contributed by atoms with E-state index in [1.165, 1.54) is 5.56 Å². The van der Waals surface area contributed by atoms with E-state index in [0.717, 1.165) is 36.2 Å². The van der Waals surface area contributed by atoms with E-state index in [1.807, 2.05) is 6.07 Å². The van der Waals surface area contributed by atoms with Crippen LogP contribution < -0.4 is 5.32 Å². The van der Waals surface area contributed by atoms with E-state index >= 15 is 0 Å². The van der Waals surface area contributed by atoms with Crippen LogP contribution in [0.2, 0.25) is 0 Å². The minimum Gasteiger partial charge on any atom is -0.352 e. The summed E-state index contributed by atoms with van der Waals surface area (Å²) in [6.07, 6.45) is 3.75. The van der Waals surface area contributed by atoms with Gasteiger partial charge in [-0.2, -0.15) is 0 Å². The molecule has 3 rings (SSSR count). The first kappa shape index (κ1) is 16.4. The summed E-state index contributed by atoms with van der Waals surface area (Å²) in [5, 5.41) is 10.9. The van der Waals surface area contributed by atoms with Gasteiger partial charge in [-0.3, -0.25) is 9.69 Å². The highest BCUT2D eigenvalue weighted by molar-refractivity contribution is 14.1. The third kappa shape index (κ3) is 5.00. The molecule has 0 atom stereocenters. The number of likely N-dealkylation sites (tertiary alicyclic amines) is 1. The number of benzene rings is 1. The standard InChI is InChI=1S/C16H20IN5O/c17-15-11-22(20-19-15)12-16(23)18-14-6-8-21(9-7-14)10-13-4-2-1-3-5-13/h1-5,11,14H,6-10,12H2,(H,18,23). The smallest absolute Gasteiger partial charge is 0.242 e. The molecule has 0 aliphatic carbocycles. The molecule has 6 nitrogen and oxygen atoms in total. The van der Waals surface area contributed by atoms with Crippen LogP contribution in [0, 0.1) is 3.70 Å². The first-order valence-corrected chi connectivity index (χ1v) is 8.88. The number of carbonyl (C=O) groups is 1. The minimum atomic E-state index is 0.00723. The fraction of sp³-hybridized carbons (Fsp3) is 0.438. The van der Waals surface area contributed by atoms with Crippen LogP contribution in [-0.2, 0) is 17.9 Å². The number of hydrogen-bond acceptors (Lipinski definition) is 4. The van der Waals surface area contributed by atoms with Crippen molar-refractivity contribution in [3.8, 4) is 0 Å². The second kappa shape index (κ2) is 7.87. The summed E-state index contributed by atoms with van der Waals surface area (Å²) >= 11 is 2.08. The lowest BCUT2D eigenvalue weighted by molar-refractivity contribution is -0.122. The second-order valence-electron chi connectivity index (χ2n) is 5.84. The highest BCUT2D eigenvalue weighted by Gasteiger charge is 2.20. The van der Waals surface area contributed by atoms with Gasteiger partial charge in [0, 0.05) is 25.7 Å². The Morgan fingerprint density at radius 3 is 2.65 bits per heavy atom. The monoisotopic (exact) mass is 425 g/mol. The molecule has 1 saturated heterocycles. The van der Waals surface area contributed by atoms with Crippen molar-refractivity contribution in [2.75, 3.05) is 13.1 Å². The van der Waals surface area contributed by atoms with Gasteiger partial charge in [-0.05, 0) is 41.0 Å². The van der Waals surface area contributed by atoms with Gasteiger partial charge in [0.25, 0.3) is 0 Å². The zero-order valence-corrected chi connectivity index (χ0v) is 15.0. The first-order valence-electron chi connectivity index (χ1n) is 7.80. The van der Waals surface area contributed by atoms with Gasteiger partial charge in [0.1, 0.15) is 10.2 Å². The maximum atomic E-state index is 12.0. The van der Waals surface area contributed by atoms with Crippen LogP contribution in [0.4, 0.5) is 0 Å². The van der Waals surface area contributed by atoms with Crippen LogP contribution in [0.25, 0.3) is 0 Å². The summed E-state index contributed by atoms with van der Waals surface area (Å²) in [7, 11) is 0. The Bertz CT molecular complexity index is 637. The van der Waals surface area contributed by atoms with Crippen molar-refractivity contribution in [2.24, 2.45) is 0 Å². The van der Waals surface area contributed by atoms with Gasteiger partial charge in [-0.15, -0.1) is 5.10 Å². The van der Waals surface area contributed by atoms with Crippen LogP contribution in [0.15, 0.2) is 36.5 Å². The normalized spacial score (nSPS) is 16.4. The molecule has 0 unspecified atom stereocenters. The summed E-state index contributed by atoms with van der Waals surface area (Å²) < 4.78 is 2.37. The zero-order chi connectivity index (χ0) is 16.1. The number of carbonyl (C=O) groups excluding carboxylic acids is 1. The largest absolute Gasteiger partial charge is 0.352 e. The van der Waals surface area contributed by atoms with E-state index < -0.39 is 0 Å². The molecule has 0 bridgehead atoms. The highest BCUT2D eigenvalue weighted by atomic mass is 127. The van der Waals surface area contributed by atoms with Crippen molar-refractivity contribution >= 4 is 28.5 Å². The molecule has 1 aliphatic heterocycles. The van der Waals surface area contributed by atoms with E-state index in [-0.39, 0.29) is 18.5 Å². The second-order valence-corrected chi connectivity index (χ2v) is 6.95. The molecule has 0 spiro atoms. The Kier molecular flexibility index (Phi) is 5.60. The number of rotatable bonds is 5.